The molecule has 2 heterocycles. The van der Waals surface area contributed by atoms with E-state index in [4.69, 9.17) is 16.3 Å². The van der Waals surface area contributed by atoms with Crippen LogP contribution in [0.1, 0.15) is 28.4 Å². The zero-order valence-electron chi connectivity index (χ0n) is 17.6. The number of benzene rings is 2. The Morgan fingerprint density at radius 2 is 1.84 bits per heavy atom. The summed E-state index contributed by atoms with van der Waals surface area (Å²) in [5.41, 5.74) is 4.49. The predicted octanol–water partition coefficient (Wildman–Crippen LogP) is 4.52. The lowest BCUT2D eigenvalue weighted by Crippen LogP contribution is -2.33. The van der Waals surface area contributed by atoms with Gasteiger partial charge in [0.25, 0.3) is 5.91 Å². The first kappa shape index (κ1) is 20.9. The SMILES string of the molecule is Cc1cc(C)c2c(OCC(=O)NC(c3ccccc3)c3cccc(Cl)c3)nn(C)c2n1. The topological polar surface area (TPSA) is 69.0 Å². The van der Waals surface area contributed by atoms with Crippen LogP contribution in [0.4, 0.5) is 0 Å². The van der Waals surface area contributed by atoms with Gasteiger partial charge in [0.1, 0.15) is 0 Å². The van der Waals surface area contributed by atoms with Crippen LogP contribution in [-0.2, 0) is 11.8 Å². The van der Waals surface area contributed by atoms with E-state index in [0.29, 0.717) is 10.9 Å². The van der Waals surface area contributed by atoms with Crippen LogP contribution in [0.5, 0.6) is 5.88 Å². The van der Waals surface area contributed by atoms with Crippen molar-refractivity contribution in [3.8, 4) is 5.88 Å². The minimum Gasteiger partial charge on any atom is -0.466 e. The van der Waals surface area contributed by atoms with Gasteiger partial charge >= 0.3 is 0 Å². The zero-order chi connectivity index (χ0) is 22.0. The van der Waals surface area contributed by atoms with Crippen molar-refractivity contribution >= 4 is 28.5 Å². The summed E-state index contributed by atoms with van der Waals surface area (Å²) < 4.78 is 7.48. The summed E-state index contributed by atoms with van der Waals surface area (Å²) in [4.78, 5) is 17.3. The summed E-state index contributed by atoms with van der Waals surface area (Å²) in [7, 11) is 1.81. The van der Waals surface area contributed by atoms with Crippen molar-refractivity contribution in [3.05, 3.63) is 88.1 Å². The number of halogens is 1. The molecule has 6 nitrogen and oxygen atoms in total. The summed E-state index contributed by atoms with van der Waals surface area (Å²) >= 11 is 6.18. The molecule has 0 saturated carbocycles. The van der Waals surface area contributed by atoms with E-state index in [1.165, 1.54) is 0 Å². The van der Waals surface area contributed by atoms with Crippen LogP contribution in [0.3, 0.4) is 0 Å². The molecule has 31 heavy (non-hydrogen) atoms. The minimum absolute atomic E-state index is 0.163. The van der Waals surface area contributed by atoms with Crippen LogP contribution in [-0.4, -0.2) is 27.3 Å². The molecule has 0 aliphatic rings. The van der Waals surface area contributed by atoms with Crippen LogP contribution in [0, 0.1) is 13.8 Å². The summed E-state index contributed by atoms with van der Waals surface area (Å²) in [6.45, 7) is 3.76. The van der Waals surface area contributed by atoms with Gasteiger partial charge in [0, 0.05) is 17.8 Å². The standard InChI is InChI=1S/C24H23ClN4O2/c1-15-12-16(2)26-23-21(15)24(28-29(23)3)31-14-20(30)27-22(17-8-5-4-6-9-17)18-10-7-11-19(25)13-18/h4-13,22H,14H2,1-3H3,(H,27,30). The molecule has 7 heteroatoms. The summed E-state index contributed by atoms with van der Waals surface area (Å²) in [5, 5.41) is 8.89. The first-order valence-electron chi connectivity index (χ1n) is 9.96. The molecule has 0 aliphatic carbocycles. The average Bonchev–Trinajstić information content (AvgIpc) is 3.07. The third kappa shape index (κ3) is 4.54. The van der Waals surface area contributed by atoms with Gasteiger partial charge in [-0.1, -0.05) is 54.1 Å². The number of aromatic nitrogens is 3. The highest BCUT2D eigenvalue weighted by Crippen LogP contribution is 2.27. The third-order valence-electron chi connectivity index (χ3n) is 5.05. The molecule has 1 atom stereocenters. The van der Waals surface area contributed by atoms with Crippen molar-refractivity contribution in [2.75, 3.05) is 6.61 Å². The monoisotopic (exact) mass is 434 g/mol. The number of amides is 1. The first-order valence-corrected chi connectivity index (χ1v) is 10.3. The fourth-order valence-electron chi connectivity index (χ4n) is 3.68. The summed E-state index contributed by atoms with van der Waals surface area (Å²) in [6.07, 6.45) is 0. The maximum absolute atomic E-state index is 12.8. The Bertz CT molecular complexity index is 1240. The van der Waals surface area contributed by atoms with Gasteiger partial charge in [0.15, 0.2) is 12.3 Å². The second kappa shape index (κ2) is 8.78. The number of hydrogen-bond acceptors (Lipinski definition) is 4. The zero-order valence-corrected chi connectivity index (χ0v) is 18.3. The average molecular weight is 435 g/mol. The van der Waals surface area contributed by atoms with Crippen molar-refractivity contribution in [2.24, 2.45) is 7.05 Å². The van der Waals surface area contributed by atoms with Gasteiger partial charge in [-0.3, -0.25) is 4.79 Å². The molecule has 2 aromatic heterocycles. The van der Waals surface area contributed by atoms with Gasteiger partial charge in [-0.2, -0.15) is 0 Å². The number of fused-ring (bicyclic) bond motifs is 1. The Morgan fingerprint density at radius 1 is 1.10 bits per heavy atom. The lowest BCUT2D eigenvalue weighted by molar-refractivity contribution is -0.123. The molecule has 4 aromatic rings. The number of hydrogen-bond donors (Lipinski definition) is 1. The van der Waals surface area contributed by atoms with Crippen molar-refractivity contribution in [2.45, 2.75) is 19.9 Å². The molecular weight excluding hydrogens is 412 g/mol. The van der Waals surface area contributed by atoms with Crippen molar-refractivity contribution in [3.63, 3.8) is 0 Å². The maximum atomic E-state index is 12.8. The molecule has 0 radical (unpaired) electrons. The van der Waals surface area contributed by atoms with Crippen molar-refractivity contribution < 1.29 is 9.53 Å². The van der Waals surface area contributed by atoms with E-state index >= 15 is 0 Å². The second-order valence-electron chi connectivity index (χ2n) is 7.46. The molecular formula is C24H23ClN4O2. The fourth-order valence-corrected chi connectivity index (χ4v) is 3.88. The van der Waals surface area contributed by atoms with Crippen molar-refractivity contribution in [1.82, 2.24) is 20.1 Å². The van der Waals surface area contributed by atoms with E-state index < -0.39 is 0 Å². The largest absolute Gasteiger partial charge is 0.466 e. The number of nitrogens with zero attached hydrogens (tertiary/aromatic N) is 3. The molecule has 1 amide bonds. The lowest BCUT2D eigenvalue weighted by atomic mass is 9.99. The number of carbonyl (C=O) groups excluding carboxylic acids is 1. The van der Waals surface area contributed by atoms with Gasteiger partial charge in [0.2, 0.25) is 5.88 Å². The molecule has 4 rings (SSSR count). The molecule has 158 valence electrons. The second-order valence-corrected chi connectivity index (χ2v) is 7.90. The summed E-state index contributed by atoms with van der Waals surface area (Å²) in [5.74, 6) is 0.141. The normalized spacial score (nSPS) is 12.0. The van der Waals surface area contributed by atoms with E-state index in [1.807, 2.05) is 81.6 Å². The van der Waals surface area contributed by atoms with Gasteiger partial charge in [-0.15, -0.1) is 5.10 Å². The Labute approximate surface area is 185 Å². The van der Waals surface area contributed by atoms with Crippen LogP contribution in [0.15, 0.2) is 60.7 Å². The Balaban J connectivity index is 1.55. The lowest BCUT2D eigenvalue weighted by Gasteiger charge is -2.20. The summed E-state index contributed by atoms with van der Waals surface area (Å²) in [6, 6.07) is 18.8. The van der Waals surface area contributed by atoms with Gasteiger partial charge < -0.3 is 10.1 Å². The molecule has 1 N–H and O–H groups in total. The quantitative estimate of drug-likeness (QED) is 0.484. The van der Waals surface area contributed by atoms with Gasteiger partial charge in [-0.05, 0) is 48.7 Å². The highest BCUT2D eigenvalue weighted by molar-refractivity contribution is 6.30. The van der Waals surface area contributed by atoms with E-state index in [1.54, 1.807) is 4.68 Å². The number of carbonyl (C=O) groups is 1. The smallest absolute Gasteiger partial charge is 0.258 e. The third-order valence-corrected chi connectivity index (χ3v) is 5.28. The minimum atomic E-state index is -0.345. The van der Waals surface area contributed by atoms with E-state index in [2.05, 4.69) is 15.4 Å². The first-order chi connectivity index (χ1) is 14.9. The van der Waals surface area contributed by atoms with Crippen LogP contribution in [0.2, 0.25) is 5.02 Å². The number of rotatable bonds is 6. The Hall–Kier alpha value is -3.38. The predicted molar refractivity (Wildman–Crippen MR) is 121 cm³/mol. The molecule has 2 aromatic carbocycles. The maximum Gasteiger partial charge on any atom is 0.258 e. The molecule has 0 saturated heterocycles. The molecule has 0 spiro atoms. The van der Waals surface area contributed by atoms with Crippen molar-refractivity contribution in [1.29, 1.82) is 0 Å². The molecule has 0 aliphatic heterocycles. The number of ether oxygens (including phenoxy) is 1. The molecule has 1 unspecified atom stereocenters. The van der Waals surface area contributed by atoms with Gasteiger partial charge in [0.05, 0.1) is 11.4 Å². The Kier molecular flexibility index (Phi) is 5.91. The highest BCUT2D eigenvalue weighted by atomic mass is 35.5. The number of pyridine rings is 1. The Morgan fingerprint density at radius 3 is 2.58 bits per heavy atom. The van der Waals surface area contributed by atoms with Crippen LogP contribution in [0.25, 0.3) is 11.0 Å². The fraction of sp³-hybridized carbons (Fsp3) is 0.208. The molecule has 0 fully saturated rings. The molecule has 0 bridgehead atoms. The number of aryl methyl sites for hydroxylation is 3. The van der Waals surface area contributed by atoms with E-state index in [9.17, 15) is 4.79 Å². The number of nitrogens with one attached hydrogen (secondary N) is 1. The van der Waals surface area contributed by atoms with E-state index in [0.717, 1.165) is 33.4 Å². The highest BCUT2D eigenvalue weighted by Gasteiger charge is 2.19. The van der Waals surface area contributed by atoms with Crippen LogP contribution >= 0.6 is 11.6 Å². The van der Waals surface area contributed by atoms with E-state index in [-0.39, 0.29) is 18.6 Å². The van der Waals surface area contributed by atoms with Crippen LogP contribution < -0.4 is 10.1 Å². The van der Waals surface area contributed by atoms with Gasteiger partial charge in [-0.25, -0.2) is 9.67 Å².